The third-order valence-corrected chi connectivity index (χ3v) is 5.35. The van der Waals surface area contributed by atoms with Crippen LogP contribution in [0.15, 0.2) is 46.2 Å². The molecule has 0 bridgehead atoms. The normalized spacial score (nSPS) is 11.8. The second-order valence-corrected chi connectivity index (χ2v) is 7.54. The Hall–Kier alpha value is -2.49. The molecular formula is C18H16ClNO4S. The number of rotatable bonds is 5. The number of halogens is 1. The molecule has 25 heavy (non-hydrogen) atoms. The van der Waals surface area contributed by atoms with Crippen molar-refractivity contribution in [2.24, 2.45) is 0 Å². The van der Waals surface area contributed by atoms with Gasteiger partial charge in [0.1, 0.15) is 11.0 Å². The molecule has 0 heterocycles. The molecule has 0 atom stereocenters. The SMILES string of the molecule is CCOc1cc(C=C(C#N)S(=O)(=O)c2ccc(C)cc2)cc(Cl)c1O. The molecule has 0 aromatic heterocycles. The first-order chi connectivity index (χ1) is 11.8. The zero-order valence-electron chi connectivity index (χ0n) is 13.7. The fourth-order valence-corrected chi connectivity index (χ4v) is 3.49. The Labute approximate surface area is 151 Å². The molecule has 0 aliphatic carbocycles. The Morgan fingerprint density at radius 2 is 1.96 bits per heavy atom. The number of nitriles is 1. The Kier molecular flexibility index (Phi) is 5.73. The van der Waals surface area contributed by atoms with Gasteiger partial charge in [0.15, 0.2) is 11.5 Å². The predicted octanol–water partition coefficient (Wildman–Crippen LogP) is 4.09. The van der Waals surface area contributed by atoms with Crippen LogP contribution in [0.5, 0.6) is 11.5 Å². The summed E-state index contributed by atoms with van der Waals surface area (Å²) in [6.45, 7) is 3.87. The van der Waals surface area contributed by atoms with E-state index in [0.29, 0.717) is 12.2 Å². The van der Waals surface area contributed by atoms with Crippen LogP contribution in [0.3, 0.4) is 0 Å². The highest BCUT2D eigenvalue weighted by Crippen LogP contribution is 2.36. The maximum Gasteiger partial charge on any atom is 0.216 e. The zero-order chi connectivity index (χ0) is 18.6. The van der Waals surface area contributed by atoms with E-state index in [-0.39, 0.29) is 21.4 Å². The fourth-order valence-electron chi connectivity index (χ4n) is 2.11. The number of ether oxygens (including phenoxy) is 1. The monoisotopic (exact) mass is 377 g/mol. The van der Waals surface area contributed by atoms with Crippen LogP contribution in [0.4, 0.5) is 0 Å². The predicted molar refractivity (Wildman–Crippen MR) is 96.2 cm³/mol. The number of hydrogen-bond donors (Lipinski definition) is 1. The van der Waals surface area contributed by atoms with Crippen molar-refractivity contribution in [2.75, 3.05) is 6.61 Å². The van der Waals surface area contributed by atoms with Gasteiger partial charge < -0.3 is 9.84 Å². The van der Waals surface area contributed by atoms with Crippen LogP contribution < -0.4 is 4.74 Å². The van der Waals surface area contributed by atoms with Crippen LogP contribution in [0.25, 0.3) is 6.08 Å². The zero-order valence-corrected chi connectivity index (χ0v) is 15.2. The highest BCUT2D eigenvalue weighted by molar-refractivity contribution is 7.95. The first-order valence-corrected chi connectivity index (χ1v) is 9.24. The summed E-state index contributed by atoms with van der Waals surface area (Å²) in [5.41, 5.74) is 1.24. The molecule has 0 saturated carbocycles. The number of benzene rings is 2. The van der Waals surface area contributed by atoms with Gasteiger partial charge >= 0.3 is 0 Å². The van der Waals surface area contributed by atoms with Crippen LogP contribution in [0, 0.1) is 18.3 Å². The number of aromatic hydroxyl groups is 1. The first kappa shape index (κ1) is 18.8. The summed E-state index contributed by atoms with van der Waals surface area (Å²) in [4.78, 5) is -0.402. The van der Waals surface area contributed by atoms with Gasteiger partial charge in [0.25, 0.3) is 0 Å². The lowest BCUT2D eigenvalue weighted by Crippen LogP contribution is -2.03. The molecule has 2 rings (SSSR count). The molecule has 2 aromatic carbocycles. The Morgan fingerprint density at radius 3 is 2.52 bits per heavy atom. The van der Waals surface area contributed by atoms with Crippen LogP contribution in [0.2, 0.25) is 5.02 Å². The topological polar surface area (TPSA) is 87.4 Å². The Balaban J connectivity index is 2.54. The number of aryl methyl sites for hydroxylation is 1. The van der Waals surface area contributed by atoms with E-state index >= 15 is 0 Å². The lowest BCUT2D eigenvalue weighted by molar-refractivity contribution is 0.318. The molecule has 0 amide bonds. The Morgan fingerprint density at radius 1 is 1.32 bits per heavy atom. The number of hydrogen-bond acceptors (Lipinski definition) is 5. The maximum atomic E-state index is 12.6. The average molecular weight is 378 g/mol. The summed E-state index contributed by atoms with van der Waals surface area (Å²) in [5.74, 6) is -0.119. The fraction of sp³-hybridized carbons (Fsp3) is 0.167. The summed E-state index contributed by atoms with van der Waals surface area (Å²) in [6.07, 6.45) is 1.20. The van der Waals surface area contributed by atoms with Gasteiger partial charge in [0, 0.05) is 0 Å². The third kappa shape index (κ3) is 4.13. The third-order valence-electron chi connectivity index (χ3n) is 3.38. The summed E-state index contributed by atoms with van der Waals surface area (Å²) in [7, 11) is -3.96. The highest BCUT2D eigenvalue weighted by Gasteiger charge is 2.21. The largest absolute Gasteiger partial charge is 0.503 e. The molecule has 0 fully saturated rings. The summed E-state index contributed by atoms with van der Waals surface area (Å²) >= 11 is 5.94. The maximum absolute atomic E-state index is 12.6. The quantitative estimate of drug-likeness (QED) is 0.793. The molecular weight excluding hydrogens is 362 g/mol. The van der Waals surface area contributed by atoms with Crippen LogP contribution in [0.1, 0.15) is 18.1 Å². The standard InChI is InChI=1S/C18H16ClNO4S/c1-3-24-17-10-13(9-16(19)18(17)21)8-15(11-20)25(22,23)14-6-4-12(2)5-7-14/h4-10,21H,3H2,1-2H3. The molecule has 0 aliphatic heterocycles. The van der Waals surface area contributed by atoms with Crippen molar-refractivity contribution in [2.45, 2.75) is 18.7 Å². The first-order valence-electron chi connectivity index (χ1n) is 7.38. The molecule has 5 nitrogen and oxygen atoms in total. The number of allylic oxidation sites excluding steroid dienone is 1. The van der Waals surface area contributed by atoms with Crippen LogP contribution >= 0.6 is 11.6 Å². The van der Waals surface area contributed by atoms with Gasteiger partial charge in [-0.2, -0.15) is 5.26 Å². The summed E-state index contributed by atoms with van der Waals surface area (Å²) < 4.78 is 30.5. The van der Waals surface area contributed by atoms with E-state index < -0.39 is 14.7 Å². The highest BCUT2D eigenvalue weighted by atomic mass is 35.5. The molecule has 1 N–H and O–H groups in total. The summed E-state index contributed by atoms with van der Waals surface area (Å²) in [6, 6.07) is 10.7. The molecule has 0 spiro atoms. The minimum Gasteiger partial charge on any atom is -0.503 e. The van der Waals surface area contributed by atoms with Crippen LogP contribution in [-0.2, 0) is 9.84 Å². The molecule has 0 radical (unpaired) electrons. The van der Waals surface area contributed by atoms with E-state index in [4.69, 9.17) is 16.3 Å². The van der Waals surface area contributed by atoms with Gasteiger partial charge in [-0.25, -0.2) is 8.42 Å². The van der Waals surface area contributed by atoms with Crippen molar-refractivity contribution in [3.05, 3.63) is 57.5 Å². The smallest absolute Gasteiger partial charge is 0.216 e. The van der Waals surface area contributed by atoms with Crippen molar-refractivity contribution in [1.82, 2.24) is 0 Å². The van der Waals surface area contributed by atoms with Gasteiger partial charge in [-0.05, 0) is 49.8 Å². The van der Waals surface area contributed by atoms with Gasteiger partial charge in [-0.15, -0.1) is 0 Å². The molecule has 0 unspecified atom stereocenters. The lowest BCUT2D eigenvalue weighted by Gasteiger charge is -2.09. The van der Waals surface area contributed by atoms with Gasteiger partial charge in [0.2, 0.25) is 9.84 Å². The minimum atomic E-state index is -3.96. The van der Waals surface area contributed by atoms with E-state index in [1.807, 2.05) is 6.92 Å². The van der Waals surface area contributed by atoms with Crippen molar-refractivity contribution in [3.63, 3.8) is 0 Å². The number of nitrogens with zero attached hydrogens (tertiary/aromatic N) is 1. The second kappa shape index (κ2) is 7.60. The van der Waals surface area contributed by atoms with E-state index in [1.54, 1.807) is 25.1 Å². The van der Waals surface area contributed by atoms with E-state index in [0.717, 1.165) is 5.56 Å². The van der Waals surface area contributed by atoms with Crippen molar-refractivity contribution < 1.29 is 18.3 Å². The number of phenols is 1. The van der Waals surface area contributed by atoms with E-state index in [2.05, 4.69) is 0 Å². The summed E-state index contributed by atoms with van der Waals surface area (Å²) in [5, 5.41) is 19.2. The van der Waals surface area contributed by atoms with E-state index in [9.17, 15) is 18.8 Å². The van der Waals surface area contributed by atoms with Crippen molar-refractivity contribution in [3.8, 4) is 17.6 Å². The van der Waals surface area contributed by atoms with Gasteiger partial charge in [0.05, 0.1) is 16.5 Å². The van der Waals surface area contributed by atoms with E-state index in [1.165, 1.54) is 30.3 Å². The lowest BCUT2D eigenvalue weighted by atomic mass is 10.2. The molecule has 0 aliphatic rings. The number of phenolic OH excluding ortho intramolecular Hbond substituents is 1. The van der Waals surface area contributed by atoms with Crippen molar-refractivity contribution in [1.29, 1.82) is 5.26 Å². The van der Waals surface area contributed by atoms with Crippen molar-refractivity contribution >= 4 is 27.5 Å². The van der Waals surface area contributed by atoms with Gasteiger partial charge in [-0.1, -0.05) is 29.3 Å². The van der Waals surface area contributed by atoms with Crippen LogP contribution in [-0.4, -0.2) is 20.1 Å². The average Bonchev–Trinajstić information content (AvgIpc) is 2.57. The number of sulfone groups is 1. The Bertz CT molecular complexity index is 958. The molecule has 7 heteroatoms. The second-order valence-electron chi connectivity index (χ2n) is 5.22. The molecule has 0 saturated heterocycles. The minimum absolute atomic E-state index is 0.00206. The molecule has 130 valence electrons. The van der Waals surface area contributed by atoms with Gasteiger partial charge in [-0.3, -0.25) is 0 Å². The molecule has 2 aromatic rings.